The molecule has 17 heteroatoms. The number of aliphatic hydroxyl groups is 2. The molecule has 1 saturated carbocycles. The molecule has 0 aromatic rings. The molecule has 0 spiro atoms. The lowest BCUT2D eigenvalue weighted by atomic mass is 9.78. The minimum absolute atomic E-state index is 0.00411. The Morgan fingerprint density at radius 3 is 2.16 bits per heavy atom. The number of Topliss-reactive ketones (excluding diaryl/α,β-unsaturated/α-hetero) is 3. The van der Waals surface area contributed by atoms with Crippen LogP contribution in [0, 0.1) is 40.9 Å². The van der Waals surface area contributed by atoms with Crippen molar-refractivity contribution in [2.45, 2.75) is 200 Å². The standard InChI is InChI=1S/C58H89NO16/c1-35-19-15-13-14-16-20-42(68-10)31-43-24-22-40(6)58(67,75-43)52(63)53(64)59-26-18-17-21-44(59)54(65)73-47(32-45(60)36(2)28-39(5)50(62)51(70-12)49(61)38(4)27-35)37(3)29-41-23-25-46(48(30-41)69-11)74-55(66)57(9)33-71-56(7,8)72-34-57/h13-16,19-20,28,35-38,40-44,46-48,50-51,62,67H,17-18,21-27,29-34H2,1-12H3/b14-13+,19-15+,20-16+,39-28+/t35-,36-,37-,38-,40-,41+,42-,43+,44+,46-,47+,48-,50-,51+,58-/m1/s1/i11+1. The normalized spacial score (nSPS) is 38.7. The molecule has 5 rings (SSSR count). The van der Waals surface area contributed by atoms with Crippen LogP contribution in [0.4, 0.5) is 0 Å². The first-order valence-electron chi connectivity index (χ1n) is 27.3. The van der Waals surface area contributed by atoms with Crippen LogP contribution in [0.25, 0.3) is 0 Å². The number of hydrogen-bond donors (Lipinski definition) is 2. The third-order valence-electron chi connectivity index (χ3n) is 16.3. The van der Waals surface area contributed by atoms with E-state index in [1.807, 2.05) is 50.3 Å². The Labute approximate surface area is 445 Å². The van der Waals surface area contributed by atoms with Crippen molar-refractivity contribution in [3.8, 4) is 0 Å². The van der Waals surface area contributed by atoms with Crippen LogP contribution < -0.4 is 0 Å². The van der Waals surface area contributed by atoms with Crippen molar-refractivity contribution < 1.29 is 76.9 Å². The average molecular weight is 1060 g/mol. The number of rotatable bonds is 8. The van der Waals surface area contributed by atoms with Gasteiger partial charge in [-0.25, -0.2) is 4.79 Å². The fourth-order valence-corrected chi connectivity index (χ4v) is 11.1. The van der Waals surface area contributed by atoms with Crippen molar-refractivity contribution in [1.82, 2.24) is 4.90 Å². The summed E-state index contributed by atoms with van der Waals surface area (Å²) in [7, 11) is 4.50. The van der Waals surface area contributed by atoms with Crippen LogP contribution in [-0.4, -0.2) is 152 Å². The number of methoxy groups -OCH3 is 3. The van der Waals surface area contributed by atoms with Crippen LogP contribution in [0.1, 0.15) is 139 Å². The Kier molecular flexibility index (Phi) is 22.8. The van der Waals surface area contributed by atoms with Crippen molar-refractivity contribution >= 4 is 35.2 Å². The summed E-state index contributed by atoms with van der Waals surface area (Å²) in [5, 5.41) is 23.5. The average Bonchev–Trinajstić information content (AvgIpc) is 3.38. The van der Waals surface area contributed by atoms with Crippen molar-refractivity contribution in [1.29, 1.82) is 0 Å². The second-order valence-electron chi connectivity index (χ2n) is 23.0. The molecule has 0 radical (unpaired) electrons. The molecule has 5 aliphatic rings. The van der Waals surface area contributed by atoms with Gasteiger partial charge < -0.3 is 53.0 Å². The summed E-state index contributed by atoms with van der Waals surface area (Å²) in [5.41, 5.74) is -0.625. The highest BCUT2D eigenvalue weighted by Gasteiger charge is 2.53. The molecule has 4 aliphatic heterocycles. The largest absolute Gasteiger partial charge is 0.460 e. The van der Waals surface area contributed by atoms with Crippen LogP contribution in [0.2, 0.25) is 0 Å². The Bertz CT molecular complexity index is 2090. The number of carbonyl (C=O) groups is 6. The Morgan fingerprint density at radius 1 is 0.827 bits per heavy atom. The van der Waals surface area contributed by atoms with E-state index in [-0.39, 0.29) is 56.0 Å². The molecule has 75 heavy (non-hydrogen) atoms. The molecule has 15 atom stereocenters. The van der Waals surface area contributed by atoms with E-state index < -0.39 is 113 Å². The highest BCUT2D eigenvalue weighted by molar-refractivity contribution is 6.39. The molecule has 0 aromatic heterocycles. The van der Waals surface area contributed by atoms with Crippen LogP contribution >= 0.6 is 0 Å². The fraction of sp³-hybridized carbons (Fsp3) is 0.759. The highest BCUT2D eigenvalue weighted by atomic mass is 16.7. The number of amides is 1. The number of ketones is 3. The number of ether oxygens (including phenoxy) is 8. The zero-order chi connectivity index (χ0) is 55.4. The summed E-state index contributed by atoms with van der Waals surface area (Å²) in [6, 6.07) is -1.18. The van der Waals surface area contributed by atoms with Crippen molar-refractivity contribution in [3.63, 3.8) is 0 Å². The smallest absolute Gasteiger partial charge is 0.329 e. The number of hydrogen-bond acceptors (Lipinski definition) is 16. The van der Waals surface area contributed by atoms with E-state index in [9.17, 15) is 39.0 Å². The molecule has 1 aliphatic carbocycles. The highest BCUT2D eigenvalue weighted by Crippen LogP contribution is 2.39. The topological polar surface area (TPSA) is 220 Å². The second kappa shape index (κ2) is 27.6. The second-order valence-corrected chi connectivity index (χ2v) is 23.0. The lowest BCUT2D eigenvalue weighted by molar-refractivity contribution is -0.283. The van der Waals surface area contributed by atoms with E-state index in [0.717, 1.165) is 0 Å². The summed E-state index contributed by atoms with van der Waals surface area (Å²) in [6.45, 7) is 16.4. The van der Waals surface area contributed by atoms with Gasteiger partial charge in [-0.2, -0.15) is 0 Å². The third kappa shape index (κ3) is 16.3. The van der Waals surface area contributed by atoms with Crippen molar-refractivity contribution in [2.24, 2.45) is 40.9 Å². The predicted octanol–water partition coefficient (Wildman–Crippen LogP) is 7.13. The zero-order valence-corrected chi connectivity index (χ0v) is 46.8. The number of carbonyl (C=O) groups excluding carboxylic acids is 6. The molecule has 4 heterocycles. The molecular formula is C58H89NO16. The molecule has 1 amide bonds. The summed E-state index contributed by atoms with van der Waals surface area (Å²) in [6.07, 6.45) is 12.2. The molecule has 2 bridgehead atoms. The summed E-state index contributed by atoms with van der Waals surface area (Å²) < 4.78 is 47.4. The van der Waals surface area contributed by atoms with Crippen LogP contribution in [-0.2, 0) is 66.7 Å². The maximum atomic E-state index is 14.6. The first kappa shape index (κ1) is 61.9. The summed E-state index contributed by atoms with van der Waals surface area (Å²) in [4.78, 5) is 86.1. The Hall–Kier alpha value is -3.94. The van der Waals surface area contributed by atoms with Crippen LogP contribution in [0.15, 0.2) is 48.1 Å². The van der Waals surface area contributed by atoms with E-state index in [1.54, 1.807) is 68.8 Å². The number of esters is 2. The van der Waals surface area contributed by atoms with Gasteiger partial charge in [-0.3, -0.25) is 24.0 Å². The number of cyclic esters (lactones) is 1. The zero-order valence-electron chi connectivity index (χ0n) is 46.8. The molecule has 2 N–H and O–H groups in total. The number of allylic oxidation sites excluding steroid dienone is 6. The maximum absolute atomic E-state index is 14.6. The van der Waals surface area contributed by atoms with E-state index in [1.165, 1.54) is 12.0 Å². The molecule has 422 valence electrons. The molecule has 3 saturated heterocycles. The Balaban J connectivity index is 1.42. The maximum Gasteiger partial charge on any atom is 0.329 e. The number of aliphatic hydroxyl groups excluding tert-OH is 1. The van der Waals surface area contributed by atoms with Gasteiger partial charge >= 0.3 is 11.9 Å². The van der Waals surface area contributed by atoms with Crippen molar-refractivity contribution in [2.75, 3.05) is 41.1 Å². The SMILES string of the molecule is CO[C@@H]1/C=C/C=C/C=C/[C@@H](C)C[C@@H](C)C(=O)[C@H](OC)[C@H](O)/C(C)=C/[C@@H](C)C(=O)C[C@@H]([C@H](C)C[C@@H]2CC[C@@H](OC(=O)C3(C)COC(C)(C)OC3)[C@H](O[13CH3])C2)OC(=O)[C@@H]2CCCCN2C(=O)C(=O)[C@]2(O)O[C@@H](CC[C@H]2C)C1. The van der Waals surface area contributed by atoms with E-state index in [0.29, 0.717) is 69.8 Å². The van der Waals surface area contributed by atoms with Gasteiger partial charge in [0, 0.05) is 58.5 Å². The molecular weight excluding hydrogens is 968 g/mol. The van der Waals surface area contributed by atoms with E-state index in [4.69, 9.17) is 37.9 Å². The van der Waals surface area contributed by atoms with Gasteiger partial charge in [0.15, 0.2) is 11.6 Å². The minimum Gasteiger partial charge on any atom is -0.460 e. The van der Waals surface area contributed by atoms with Gasteiger partial charge in [0.1, 0.15) is 41.7 Å². The van der Waals surface area contributed by atoms with Gasteiger partial charge in [0.2, 0.25) is 5.79 Å². The molecule has 17 nitrogen and oxygen atoms in total. The summed E-state index contributed by atoms with van der Waals surface area (Å²) >= 11 is 0. The van der Waals surface area contributed by atoms with Gasteiger partial charge in [0.05, 0.1) is 31.5 Å². The molecule has 0 aromatic carbocycles. The number of nitrogens with zero attached hydrogens (tertiary/aromatic N) is 1. The molecule has 0 unspecified atom stereocenters. The Morgan fingerprint density at radius 2 is 1.51 bits per heavy atom. The fourth-order valence-electron chi connectivity index (χ4n) is 11.1. The quantitative estimate of drug-likeness (QED) is 0.107. The van der Waals surface area contributed by atoms with Gasteiger partial charge in [-0.1, -0.05) is 77.2 Å². The lowest BCUT2D eigenvalue weighted by Gasteiger charge is -2.42. The minimum atomic E-state index is -2.45. The first-order chi connectivity index (χ1) is 35.4. The number of piperidine rings is 1. The molecule has 4 fully saturated rings. The summed E-state index contributed by atoms with van der Waals surface area (Å²) in [5.74, 6) is -9.61. The van der Waals surface area contributed by atoms with E-state index in [2.05, 4.69) is 0 Å². The predicted molar refractivity (Wildman–Crippen MR) is 278 cm³/mol. The van der Waals surface area contributed by atoms with Gasteiger partial charge in [-0.05, 0) is 115 Å². The van der Waals surface area contributed by atoms with Gasteiger partial charge in [0.25, 0.3) is 11.7 Å². The third-order valence-corrected chi connectivity index (χ3v) is 16.3. The lowest BCUT2D eigenvalue weighted by Crippen LogP contribution is -2.60. The van der Waals surface area contributed by atoms with Gasteiger partial charge in [-0.15, -0.1) is 0 Å². The van der Waals surface area contributed by atoms with E-state index >= 15 is 0 Å². The van der Waals surface area contributed by atoms with Crippen LogP contribution in [0.5, 0.6) is 0 Å². The first-order valence-corrected chi connectivity index (χ1v) is 27.3. The number of fused-ring (bicyclic) bond motifs is 3. The van der Waals surface area contributed by atoms with Crippen molar-refractivity contribution in [3.05, 3.63) is 48.1 Å². The van der Waals surface area contributed by atoms with Crippen LogP contribution in [0.3, 0.4) is 0 Å². The monoisotopic (exact) mass is 1060 g/mol.